The smallest absolute Gasteiger partial charge is 0.220 e. The number of unbranched alkanes of at least 4 members (excludes halogenated alkanes) is 1. The van der Waals surface area contributed by atoms with Crippen molar-refractivity contribution < 1.29 is 4.79 Å². The van der Waals surface area contributed by atoms with E-state index >= 15 is 0 Å². The highest BCUT2D eigenvalue weighted by molar-refractivity contribution is 5.80. The lowest BCUT2D eigenvalue weighted by Crippen LogP contribution is -2.46. The Bertz CT molecular complexity index is 412. The van der Waals surface area contributed by atoms with E-state index in [1.807, 2.05) is 0 Å². The SMILES string of the molecule is CCNC(=NCCCCN1CCCC1)N1CCC(CC(=O)NC)CC1. The van der Waals surface area contributed by atoms with Gasteiger partial charge in [-0.3, -0.25) is 9.79 Å². The van der Waals surface area contributed by atoms with E-state index in [1.54, 1.807) is 7.05 Å². The number of amides is 1. The standard InChI is InChI=1S/C19H37N5O/c1-3-21-19(22-10-4-5-11-23-12-6-7-13-23)24-14-8-17(9-15-24)16-18(25)20-2/h17H,3-16H2,1-2H3,(H,20,25)(H,21,22). The lowest BCUT2D eigenvalue weighted by atomic mass is 9.93. The fourth-order valence-electron chi connectivity index (χ4n) is 3.78. The molecule has 2 saturated heterocycles. The zero-order valence-electron chi connectivity index (χ0n) is 16.2. The summed E-state index contributed by atoms with van der Waals surface area (Å²) in [6, 6.07) is 0. The van der Waals surface area contributed by atoms with E-state index in [9.17, 15) is 4.79 Å². The van der Waals surface area contributed by atoms with Crippen molar-refractivity contribution in [2.75, 3.05) is 52.9 Å². The van der Waals surface area contributed by atoms with Crippen LogP contribution in [-0.2, 0) is 4.79 Å². The maximum Gasteiger partial charge on any atom is 0.220 e. The summed E-state index contributed by atoms with van der Waals surface area (Å²) in [6.07, 6.45) is 7.97. The van der Waals surface area contributed by atoms with Gasteiger partial charge in [-0.15, -0.1) is 0 Å². The molecular weight excluding hydrogens is 314 g/mol. The summed E-state index contributed by atoms with van der Waals surface area (Å²) >= 11 is 0. The number of carbonyl (C=O) groups is 1. The van der Waals surface area contributed by atoms with Crippen molar-refractivity contribution in [2.24, 2.45) is 10.9 Å². The van der Waals surface area contributed by atoms with Crippen LogP contribution in [0.4, 0.5) is 0 Å². The first-order valence-corrected chi connectivity index (χ1v) is 10.2. The highest BCUT2D eigenvalue weighted by Gasteiger charge is 2.23. The summed E-state index contributed by atoms with van der Waals surface area (Å²) in [5, 5.41) is 6.17. The number of nitrogens with one attached hydrogen (secondary N) is 2. The predicted molar refractivity (Wildman–Crippen MR) is 104 cm³/mol. The largest absolute Gasteiger partial charge is 0.359 e. The molecule has 0 radical (unpaired) electrons. The Morgan fingerprint density at radius 3 is 2.48 bits per heavy atom. The quantitative estimate of drug-likeness (QED) is 0.397. The van der Waals surface area contributed by atoms with Crippen LogP contribution >= 0.6 is 0 Å². The molecule has 0 saturated carbocycles. The fraction of sp³-hybridized carbons (Fsp3) is 0.895. The molecule has 2 rings (SSSR count). The lowest BCUT2D eigenvalue weighted by Gasteiger charge is -2.34. The van der Waals surface area contributed by atoms with E-state index in [0.717, 1.165) is 45.0 Å². The van der Waals surface area contributed by atoms with E-state index in [4.69, 9.17) is 4.99 Å². The molecule has 0 aromatic carbocycles. The van der Waals surface area contributed by atoms with Gasteiger partial charge < -0.3 is 20.4 Å². The number of nitrogens with zero attached hydrogens (tertiary/aromatic N) is 3. The topological polar surface area (TPSA) is 60.0 Å². The minimum Gasteiger partial charge on any atom is -0.359 e. The number of hydrogen-bond acceptors (Lipinski definition) is 3. The van der Waals surface area contributed by atoms with Gasteiger partial charge in [0.25, 0.3) is 0 Å². The van der Waals surface area contributed by atoms with Gasteiger partial charge in [0.2, 0.25) is 5.91 Å². The molecule has 0 aliphatic carbocycles. The van der Waals surface area contributed by atoms with E-state index < -0.39 is 0 Å². The molecule has 0 aromatic rings. The number of hydrogen-bond donors (Lipinski definition) is 2. The van der Waals surface area contributed by atoms with Crippen LogP contribution in [-0.4, -0.2) is 74.5 Å². The Balaban J connectivity index is 1.69. The molecule has 0 spiro atoms. The van der Waals surface area contributed by atoms with Crippen LogP contribution in [0.3, 0.4) is 0 Å². The second-order valence-corrected chi connectivity index (χ2v) is 7.30. The number of rotatable bonds is 8. The van der Waals surface area contributed by atoms with Crippen LogP contribution in [0.5, 0.6) is 0 Å². The third kappa shape index (κ3) is 7.22. The Morgan fingerprint density at radius 2 is 1.84 bits per heavy atom. The number of piperidine rings is 1. The molecule has 6 heteroatoms. The van der Waals surface area contributed by atoms with Gasteiger partial charge in [0.15, 0.2) is 5.96 Å². The molecule has 2 heterocycles. The van der Waals surface area contributed by atoms with E-state index in [0.29, 0.717) is 12.3 Å². The summed E-state index contributed by atoms with van der Waals surface area (Å²) in [4.78, 5) is 21.3. The third-order valence-electron chi connectivity index (χ3n) is 5.34. The van der Waals surface area contributed by atoms with Crippen molar-refractivity contribution in [3.05, 3.63) is 0 Å². The second kappa shape index (κ2) is 11.3. The lowest BCUT2D eigenvalue weighted by molar-refractivity contribution is -0.121. The maximum absolute atomic E-state index is 11.5. The molecular formula is C19H37N5O. The van der Waals surface area contributed by atoms with Gasteiger partial charge in [0, 0.05) is 39.6 Å². The van der Waals surface area contributed by atoms with Gasteiger partial charge >= 0.3 is 0 Å². The monoisotopic (exact) mass is 351 g/mol. The van der Waals surface area contributed by atoms with Crippen LogP contribution in [0.15, 0.2) is 4.99 Å². The molecule has 0 aromatic heterocycles. The van der Waals surface area contributed by atoms with Crippen molar-refractivity contribution in [1.29, 1.82) is 0 Å². The molecule has 2 N–H and O–H groups in total. The average molecular weight is 352 g/mol. The zero-order chi connectivity index (χ0) is 17.9. The molecule has 2 aliphatic heterocycles. The van der Waals surface area contributed by atoms with Crippen molar-refractivity contribution in [2.45, 2.75) is 51.9 Å². The number of likely N-dealkylation sites (tertiary alicyclic amines) is 2. The Kier molecular flexibility index (Phi) is 9.08. The third-order valence-corrected chi connectivity index (χ3v) is 5.34. The zero-order valence-corrected chi connectivity index (χ0v) is 16.2. The molecule has 6 nitrogen and oxygen atoms in total. The van der Waals surface area contributed by atoms with E-state index in [2.05, 4.69) is 27.4 Å². The minimum absolute atomic E-state index is 0.164. The second-order valence-electron chi connectivity index (χ2n) is 7.30. The summed E-state index contributed by atoms with van der Waals surface area (Å²) in [7, 11) is 1.72. The number of carbonyl (C=O) groups excluding carboxylic acids is 1. The van der Waals surface area contributed by atoms with Crippen molar-refractivity contribution in [3.8, 4) is 0 Å². The molecule has 0 unspecified atom stereocenters. The van der Waals surface area contributed by atoms with E-state index in [-0.39, 0.29) is 5.91 Å². The molecule has 2 aliphatic rings. The van der Waals surface area contributed by atoms with Crippen molar-refractivity contribution in [3.63, 3.8) is 0 Å². The predicted octanol–water partition coefficient (Wildman–Crippen LogP) is 1.68. The number of aliphatic imine (C=N–C) groups is 1. The molecule has 0 bridgehead atoms. The maximum atomic E-state index is 11.5. The first-order chi connectivity index (χ1) is 12.2. The summed E-state index contributed by atoms with van der Waals surface area (Å²) < 4.78 is 0. The molecule has 144 valence electrons. The Hall–Kier alpha value is -1.30. The van der Waals surface area contributed by atoms with Gasteiger partial charge in [-0.2, -0.15) is 0 Å². The summed E-state index contributed by atoms with van der Waals surface area (Å²) in [6.45, 7) is 9.76. The highest BCUT2D eigenvalue weighted by atomic mass is 16.1. The van der Waals surface area contributed by atoms with Gasteiger partial charge in [-0.05, 0) is 71.0 Å². The number of guanidine groups is 1. The molecule has 0 atom stereocenters. The summed E-state index contributed by atoms with van der Waals surface area (Å²) in [5.41, 5.74) is 0. The normalized spacial score (nSPS) is 20.1. The van der Waals surface area contributed by atoms with Gasteiger partial charge in [0.1, 0.15) is 0 Å². The minimum atomic E-state index is 0.164. The molecule has 2 fully saturated rings. The fourth-order valence-corrected chi connectivity index (χ4v) is 3.78. The highest BCUT2D eigenvalue weighted by Crippen LogP contribution is 2.20. The molecule has 25 heavy (non-hydrogen) atoms. The first kappa shape index (κ1) is 20.0. The van der Waals surface area contributed by atoms with Crippen LogP contribution in [0.25, 0.3) is 0 Å². The Morgan fingerprint density at radius 1 is 1.12 bits per heavy atom. The Labute approximate surface area is 153 Å². The van der Waals surface area contributed by atoms with Crippen LogP contribution in [0, 0.1) is 5.92 Å². The molecule has 1 amide bonds. The summed E-state index contributed by atoms with van der Waals surface area (Å²) in [5.74, 6) is 1.73. The van der Waals surface area contributed by atoms with E-state index in [1.165, 1.54) is 45.3 Å². The van der Waals surface area contributed by atoms with Crippen molar-refractivity contribution in [1.82, 2.24) is 20.4 Å². The first-order valence-electron chi connectivity index (χ1n) is 10.2. The van der Waals surface area contributed by atoms with Crippen molar-refractivity contribution >= 4 is 11.9 Å². The van der Waals surface area contributed by atoms with Gasteiger partial charge in [-0.1, -0.05) is 0 Å². The van der Waals surface area contributed by atoms with Crippen LogP contribution in [0.1, 0.15) is 51.9 Å². The van der Waals surface area contributed by atoms with Crippen LogP contribution < -0.4 is 10.6 Å². The van der Waals surface area contributed by atoms with Gasteiger partial charge in [0.05, 0.1) is 0 Å². The van der Waals surface area contributed by atoms with Crippen LogP contribution in [0.2, 0.25) is 0 Å². The average Bonchev–Trinajstić information content (AvgIpc) is 3.14. The van der Waals surface area contributed by atoms with Gasteiger partial charge in [-0.25, -0.2) is 0 Å².